The first kappa shape index (κ1) is 20.3. The van der Waals surface area contributed by atoms with Crippen molar-refractivity contribution < 1.29 is 14.0 Å². The Bertz CT molecular complexity index is 1010. The molecule has 1 atom stereocenters. The molecule has 0 aliphatic rings. The molecule has 1 heterocycles. The number of halogens is 1. The number of nitrogens with one attached hydrogen (secondary N) is 2. The van der Waals surface area contributed by atoms with Crippen molar-refractivity contribution >= 4 is 11.8 Å². The van der Waals surface area contributed by atoms with Gasteiger partial charge in [0.1, 0.15) is 17.7 Å². The summed E-state index contributed by atoms with van der Waals surface area (Å²) in [4.78, 5) is 29.2. The molecule has 1 aromatic heterocycles. The Morgan fingerprint density at radius 3 is 2.34 bits per heavy atom. The van der Waals surface area contributed by atoms with Gasteiger partial charge in [-0.1, -0.05) is 29.3 Å². The van der Waals surface area contributed by atoms with Crippen molar-refractivity contribution in [2.75, 3.05) is 6.54 Å². The smallest absolute Gasteiger partial charge is 0.251 e. The molecule has 0 fully saturated rings. The van der Waals surface area contributed by atoms with E-state index in [1.807, 2.05) is 27.0 Å². The number of carbonyl (C=O) groups excluding carboxylic acids is 2. The predicted octanol–water partition coefficient (Wildman–Crippen LogP) is 2.81. The lowest BCUT2D eigenvalue weighted by Crippen LogP contribution is -2.39. The van der Waals surface area contributed by atoms with Crippen LogP contribution in [0.4, 0.5) is 4.39 Å². The molecule has 150 valence electrons. The number of aromatic nitrogens is 2. The third-order valence-corrected chi connectivity index (χ3v) is 4.52. The largest absolute Gasteiger partial charge is 0.343 e. The summed E-state index contributed by atoms with van der Waals surface area (Å²) in [5, 5.41) is 5.51. The standard InChI is InChI=1S/C22H23FN4O2/c1-14-10-15(2)12-17(11-14)22(29)25-13-19(28)26-20(21-24-8-9-27(21)3)16-4-6-18(23)7-5-16/h4-12,20H,13H2,1-3H3,(H,25,29)(H,26,28)/t20-/m0/s1. The molecule has 3 rings (SSSR count). The van der Waals surface area contributed by atoms with Gasteiger partial charge in [0.25, 0.3) is 5.91 Å². The van der Waals surface area contributed by atoms with E-state index in [0.717, 1.165) is 11.1 Å². The summed E-state index contributed by atoms with van der Waals surface area (Å²) in [6.45, 7) is 3.64. The van der Waals surface area contributed by atoms with Crippen LogP contribution in [0.1, 0.15) is 38.9 Å². The van der Waals surface area contributed by atoms with Gasteiger partial charge in [0.05, 0.1) is 6.54 Å². The fourth-order valence-corrected chi connectivity index (χ4v) is 3.19. The molecule has 6 nitrogen and oxygen atoms in total. The van der Waals surface area contributed by atoms with Crippen LogP contribution in [-0.2, 0) is 11.8 Å². The lowest BCUT2D eigenvalue weighted by atomic mass is 10.1. The van der Waals surface area contributed by atoms with Crippen molar-refractivity contribution in [2.24, 2.45) is 7.05 Å². The fourth-order valence-electron chi connectivity index (χ4n) is 3.19. The van der Waals surface area contributed by atoms with Gasteiger partial charge >= 0.3 is 0 Å². The summed E-state index contributed by atoms with van der Waals surface area (Å²) in [6.07, 6.45) is 3.39. The number of imidazole rings is 1. The minimum Gasteiger partial charge on any atom is -0.343 e. The van der Waals surface area contributed by atoms with Gasteiger partial charge in [-0.2, -0.15) is 0 Å². The highest BCUT2D eigenvalue weighted by Gasteiger charge is 2.21. The van der Waals surface area contributed by atoms with Crippen LogP contribution < -0.4 is 10.6 Å². The Kier molecular flexibility index (Phi) is 6.07. The molecule has 0 bridgehead atoms. The van der Waals surface area contributed by atoms with E-state index in [0.29, 0.717) is 17.0 Å². The first-order chi connectivity index (χ1) is 13.8. The Morgan fingerprint density at radius 2 is 1.76 bits per heavy atom. The van der Waals surface area contributed by atoms with Crippen molar-refractivity contribution in [2.45, 2.75) is 19.9 Å². The maximum absolute atomic E-state index is 13.3. The molecule has 0 unspecified atom stereocenters. The molecule has 2 amide bonds. The van der Waals surface area contributed by atoms with Crippen LogP contribution >= 0.6 is 0 Å². The van der Waals surface area contributed by atoms with E-state index in [4.69, 9.17) is 0 Å². The SMILES string of the molecule is Cc1cc(C)cc(C(=O)NCC(=O)N[C@@H](c2ccc(F)cc2)c2nccn2C)c1. The fraction of sp³-hybridized carbons (Fsp3) is 0.227. The maximum Gasteiger partial charge on any atom is 0.251 e. The summed E-state index contributed by atoms with van der Waals surface area (Å²) in [7, 11) is 1.81. The van der Waals surface area contributed by atoms with Gasteiger partial charge in [-0.05, 0) is 43.7 Å². The van der Waals surface area contributed by atoms with E-state index in [-0.39, 0.29) is 24.2 Å². The first-order valence-corrected chi connectivity index (χ1v) is 9.22. The molecule has 0 radical (unpaired) electrons. The van der Waals surface area contributed by atoms with Crippen LogP contribution in [0.15, 0.2) is 54.9 Å². The Hall–Kier alpha value is -3.48. The second kappa shape index (κ2) is 8.68. The Balaban J connectivity index is 1.71. The molecule has 29 heavy (non-hydrogen) atoms. The van der Waals surface area contributed by atoms with Gasteiger partial charge in [-0.15, -0.1) is 0 Å². The van der Waals surface area contributed by atoms with Gasteiger partial charge in [-0.3, -0.25) is 9.59 Å². The number of carbonyl (C=O) groups is 2. The number of aryl methyl sites for hydroxylation is 3. The van der Waals surface area contributed by atoms with Crippen molar-refractivity contribution in [3.63, 3.8) is 0 Å². The highest BCUT2D eigenvalue weighted by atomic mass is 19.1. The van der Waals surface area contributed by atoms with Crippen LogP contribution in [-0.4, -0.2) is 27.9 Å². The summed E-state index contributed by atoms with van der Waals surface area (Å²) in [5.41, 5.74) is 3.15. The third kappa shape index (κ3) is 5.07. The van der Waals surface area contributed by atoms with E-state index in [9.17, 15) is 14.0 Å². The average molecular weight is 394 g/mol. The van der Waals surface area contributed by atoms with Crippen LogP contribution in [0.25, 0.3) is 0 Å². The van der Waals surface area contributed by atoms with Gasteiger partial charge < -0.3 is 15.2 Å². The Labute approximate surface area is 168 Å². The summed E-state index contributed by atoms with van der Waals surface area (Å²) in [6, 6.07) is 10.8. The lowest BCUT2D eigenvalue weighted by Gasteiger charge is -2.19. The van der Waals surface area contributed by atoms with Gasteiger partial charge in [0.2, 0.25) is 5.91 Å². The summed E-state index contributed by atoms with van der Waals surface area (Å²) < 4.78 is 15.1. The highest BCUT2D eigenvalue weighted by molar-refractivity contribution is 5.96. The quantitative estimate of drug-likeness (QED) is 0.675. The second-order valence-corrected chi connectivity index (χ2v) is 7.01. The zero-order valence-electron chi connectivity index (χ0n) is 16.6. The molecule has 0 aliphatic heterocycles. The van der Waals surface area contributed by atoms with Crippen LogP contribution in [0.5, 0.6) is 0 Å². The van der Waals surface area contributed by atoms with Crippen molar-refractivity contribution in [1.82, 2.24) is 20.2 Å². The molecule has 2 N–H and O–H groups in total. The molecule has 2 aromatic carbocycles. The van der Waals surface area contributed by atoms with Gasteiger partial charge in [0.15, 0.2) is 0 Å². The van der Waals surface area contributed by atoms with Crippen LogP contribution in [0.2, 0.25) is 0 Å². The van der Waals surface area contributed by atoms with E-state index >= 15 is 0 Å². The van der Waals surface area contributed by atoms with E-state index < -0.39 is 6.04 Å². The van der Waals surface area contributed by atoms with E-state index in [1.165, 1.54) is 12.1 Å². The molecule has 0 spiro atoms. The second-order valence-electron chi connectivity index (χ2n) is 7.01. The monoisotopic (exact) mass is 394 g/mol. The molecule has 0 saturated carbocycles. The average Bonchev–Trinajstić information content (AvgIpc) is 3.10. The van der Waals surface area contributed by atoms with E-state index in [1.54, 1.807) is 41.2 Å². The minimum atomic E-state index is -0.568. The summed E-state index contributed by atoms with van der Waals surface area (Å²) in [5.74, 6) is -0.452. The molecular weight excluding hydrogens is 371 g/mol. The molecule has 0 aliphatic carbocycles. The van der Waals surface area contributed by atoms with Crippen LogP contribution in [0, 0.1) is 19.7 Å². The van der Waals surface area contributed by atoms with Gasteiger partial charge in [-0.25, -0.2) is 9.37 Å². The number of amides is 2. The molecule has 0 saturated heterocycles. The lowest BCUT2D eigenvalue weighted by molar-refractivity contribution is -0.120. The Morgan fingerprint density at radius 1 is 1.10 bits per heavy atom. The third-order valence-electron chi connectivity index (χ3n) is 4.52. The molecule has 7 heteroatoms. The number of hydrogen-bond donors (Lipinski definition) is 2. The number of hydrogen-bond acceptors (Lipinski definition) is 3. The van der Waals surface area contributed by atoms with Crippen molar-refractivity contribution in [3.05, 3.63) is 88.8 Å². The predicted molar refractivity (Wildman–Crippen MR) is 108 cm³/mol. The molecular formula is C22H23FN4O2. The van der Waals surface area contributed by atoms with Crippen LogP contribution in [0.3, 0.4) is 0 Å². The van der Waals surface area contributed by atoms with Gasteiger partial charge in [0, 0.05) is 25.0 Å². The topological polar surface area (TPSA) is 76.0 Å². The highest BCUT2D eigenvalue weighted by Crippen LogP contribution is 2.20. The van der Waals surface area contributed by atoms with E-state index in [2.05, 4.69) is 15.6 Å². The molecule has 3 aromatic rings. The summed E-state index contributed by atoms with van der Waals surface area (Å²) >= 11 is 0. The normalized spacial score (nSPS) is 11.7. The zero-order valence-corrected chi connectivity index (χ0v) is 16.6. The minimum absolute atomic E-state index is 0.187. The number of rotatable bonds is 6. The number of nitrogens with zero attached hydrogens (tertiary/aromatic N) is 2. The van der Waals surface area contributed by atoms with Crippen molar-refractivity contribution in [3.8, 4) is 0 Å². The van der Waals surface area contributed by atoms with Crippen molar-refractivity contribution in [1.29, 1.82) is 0 Å². The zero-order chi connectivity index (χ0) is 21.0. The maximum atomic E-state index is 13.3. The first-order valence-electron chi connectivity index (χ1n) is 9.22. The number of benzene rings is 2.